The Morgan fingerprint density at radius 3 is 2.57 bits per heavy atom. The van der Waals surface area contributed by atoms with Crippen molar-refractivity contribution < 1.29 is 14.3 Å². The molecule has 1 aliphatic heterocycles. The zero-order valence-electron chi connectivity index (χ0n) is 12.4. The third kappa shape index (κ3) is 5.10. The highest BCUT2D eigenvalue weighted by molar-refractivity contribution is 5.76. The van der Waals surface area contributed by atoms with E-state index in [1.54, 1.807) is 12.1 Å². The summed E-state index contributed by atoms with van der Waals surface area (Å²) in [7, 11) is 2.03. The highest BCUT2D eigenvalue weighted by Gasteiger charge is 2.31. The lowest BCUT2D eigenvalue weighted by atomic mass is 9.91. The van der Waals surface area contributed by atoms with E-state index < -0.39 is 5.60 Å². The molecule has 0 bridgehead atoms. The molecule has 2 N–H and O–H groups in total. The first-order chi connectivity index (χ1) is 9.97. The average molecular weight is 294 g/mol. The van der Waals surface area contributed by atoms with Crippen LogP contribution >= 0.6 is 0 Å². The molecule has 21 heavy (non-hydrogen) atoms. The third-order valence-corrected chi connectivity index (χ3v) is 4.09. The number of benzene rings is 1. The van der Waals surface area contributed by atoms with Gasteiger partial charge in [0, 0.05) is 26.1 Å². The van der Waals surface area contributed by atoms with Crippen LogP contribution in [0.2, 0.25) is 0 Å². The highest BCUT2D eigenvalue weighted by Crippen LogP contribution is 2.20. The van der Waals surface area contributed by atoms with E-state index in [1.165, 1.54) is 12.1 Å². The lowest BCUT2D eigenvalue weighted by molar-refractivity contribution is -0.122. The Bertz CT molecular complexity index is 468. The molecule has 1 saturated heterocycles. The van der Waals surface area contributed by atoms with Crippen LogP contribution in [0.1, 0.15) is 24.8 Å². The SMILES string of the molecule is CN1CCC(O)(CNC(=O)CCc2ccc(F)cc2)CC1. The summed E-state index contributed by atoms with van der Waals surface area (Å²) in [6.45, 7) is 2.01. The normalized spacial score (nSPS) is 18.4. The van der Waals surface area contributed by atoms with Crippen LogP contribution in [0, 0.1) is 5.82 Å². The van der Waals surface area contributed by atoms with Gasteiger partial charge < -0.3 is 15.3 Å². The molecule has 2 rings (SSSR count). The fourth-order valence-corrected chi connectivity index (χ4v) is 2.47. The summed E-state index contributed by atoms with van der Waals surface area (Å²) in [5, 5.41) is 13.2. The lowest BCUT2D eigenvalue weighted by Crippen LogP contribution is -2.50. The molecule has 0 unspecified atom stereocenters. The zero-order chi connectivity index (χ0) is 15.3. The minimum Gasteiger partial charge on any atom is -0.388 e. The number of likely N-dealkylation sites (tertiary alicyclic amines) is 1. The molecule has 1 aromatic carbocycles. The van der Waals surface area contributed by atoms with Gasteiger partial charge in [0.25, 0.3) is 0 Å². The molecule has 1 aliphatic rings. The number of nitrogens with one attached hydrogen (secondary N) is 1. The zero-order valence-corrected chi connectivity index (χ0v) is 12.4. The van der Waals surface area contributed by atoms with E-state index in [0.29, 0.717) is 32.2 Å². The van der Waals surface area contributed by atoms with E-state index in [1.807, 2.05) is 7.05 Å². The second-order valence-electron chi connectivity index (χ2n) is 5.93. The van der Waals surface area contributed by atoms with Gasteiger partial charge in [-0.3, -0.25) is 4.79 Å². The standard InChI is InChI=1S/C16H23FN2O2/c1-19-10-8-16(21,9-11-19)12-18-15(20)7-4-13-2-5-14(17)6-3-13/h2-3,5-6,21H,4,7-12H2,1H3,(H,18,20). The first kappa shape index (κ1) is 15.9. The first-order valence-corrected chi connectivity index (χ1v) is 7.39. The Kier molecular flexibility index (Phi) is 5.31. The fourth-order valence-electron chi connectivity index (χ4n) is 2.47. The van der Waals surface area contributed by atoms with Gasteiger partial charge in [0.2, 0.25) is 5.91 Å². The van der Waals surface area contributed by atoms with E-state index in [2.05, 4.69) is 10.2 Å². The van der Waals surface area contributed by atoms with Crippen LogP contribution in [0.3, 0.4) is 0 Å². The maximum atomic E-state index is 12.8. The van der Waals surface area contributed by atoms with Gasteiger partial charge in [-0.2, -0.15) is 0 Å². The van der Waals surface area contributed by atoms with Gasteiger partial charge in [-0.05, 0) is 44.0 Å². The molecule has 1 fully saturated rings. The van der Waals surface area contributed by atoms with Crippen molar-refractivity contribution in [2.24, 2.45) is 0 Å². The molecule has 0 radical (unpaired) electrons. The van der Waals surface area contributed by atoms with Gasteiger partial charge in [-0.25, -0.2) is 4.39 Å². The van der Waals surface area contributed by atoms with E-state index in [4.69, 9.17) is 0 Å². The molecule has 1 aromatic rings. The van der Waals surface area contributed by atoms with Crippen molar-refractivity contribution in [2.45, 2.75) is 31.3 Å². The summed E-state index contributed by atoms with van der Waals surface area (Å²) < 4.78 is 12.8. The van der Waals surface area contributed by atoms with E-state index >= 15 is 0 Å². The van der Waals surface area contributed by atoms with E-state index in [-0.39, 0.29) is 11.7 Å². The Morgan fingerprint density at radius 2 is 1.95 bits per heavy atom. The Balaban J connectivity index is 1.71. The number of hydrogen-bond acceptors (Lipinski definition) is 3. The molecule has 116 valence electrons. The van der Waals surface area contributed by atoms with Crippen molar-refractivity contribution >= 4 is 5.91 Å². The van der Waals surface area contributed by atoms with Gasteiger partial charge in [0.1, 0.15) is 5.82 Å². The first-order valence-electron chi connectivity index (χ1n) is 7.39. The molecule has 0 spiro atoms. The molecule has 0 atom stereocenters. The number of halogens is 1. The monoisotopic (exact) mass is 294 g/mol. The molecular formula is C16H23FN2O2. The van der Waals surface area contributed by atoms with Crippen molar-refractivity contribution in [3.05, 3.63) is 35.6 Å². The molecule has 0 aliphatic carbocycles. The molecule has 0 saturated carbocycles. The van der Waals surface area contributed by atoms with Crippen LogP contribution in [0.15, 0.2) is 24.3 Å². The number of aliphatic hydroxyl groups is 1. The van der Waals surface area contributed by atoms with Gasteiger partial charge in [-0.15, -0.1) is 0 Å². The molecule has 1 heterocycles. The number of rotatable bonds is 5. The third-order valence-electron chi connectivity index (χ3n) is 4.09. The molecule has 0 aromatic heterocycles. The van der Waals surface area contributed by atoms with Gasteiger partial charge >= 0.3 is 0 Å². The van der Waals surface area contributed by atoms with Crippen LogP contribution in [-0.2, 0) is 11.2 Å². The molecule has 5 heteroatoms. The minimum atomic E-state index is -0.780. The van der Waals surface area contributed by atoms with Gasteiger partial charge in [0.05, 0.1) is 5.60 Å². The molecule has 1 amide bonds. The second kappa shape index (κ2) is 7.00. The van der Waals surface area contributed by atoms with Crippen LogP contribution in [0.4, 0.5) is 4.39 Å². The Hall–Kier alpha value is -1.46. The summed E-state index contributed by atoms with van der Waals surface area (Å²) in [4.78, 5) is 14.0. The summed E-state index contributed by atoms with van der Waals surface area (Å²) in [5.41, 5.74) is 0.155. The van der Waals surface area contributed by atoms with Crippen LogP contribution in [-0.4, -0.2) is 48.2 Å². The summed E-state index contributed by atoms with van der Waals surface area (Å²) in [6.07, 6.45) is 2.29. The average Bonchev–Trinajstić information content (AvgIpc) is 2.48. The summed E-state index contributed by atoms with van der Waals surface area (Å²) in [6, 6.07) is 6.17. The fraction of sp³-hybridized carbons (Fsp3) is 0.562. The Morgan fingerprint density at radius 1 is 1.33 bits per heavy atom. The number of aryl methyl sites for hydroxylation is 1. The van der Waals surface area contributed by atoms with E-state index in [0.717, 1.165) is 18.7 Å². The molecule has 4 nitrogen and oxygen atoms in total. The number of nitrogens with zero attached hydrogens (tertiary/aromatic N) is 1. The number of carbonyl (C=O) groups is 1. The van der Waals surface area contributed by atoms with Crippen LogP contribution in [0.5, 0.6) is 0 Å². The number of hydrogen-bond donors (Lipinski definition) is 2. The van der Waals surface area contributed by atoms with E-state index in [9.17, 15) is 14.3 Å². The van der Waals surface area contributed by atoms with Crippen LogP contribution in [0.25, 0.3) is 0 Å². The molecular weight excluding hydrogens is 271 g/mol. The topological polar surface area (TPSA) is 52.6 Å². The van der Waals surface area contributed by atoms with Crippen molar-refractivity contribution in [2.75, 3.05) is 26.7 Å². The van der Waals surface area contributed by atoms with Crippen molar-refractivity contribution in [1.82, 2.24) is 10.2 Å². The Labute approximate surface area is 125 Å². The number of carbonyl (C=O) groups excluding carboxylic acids is 1. The van der Waals surface area contributed by atoms with Crippen molar-refractivity contribution in [3.8, 4) is 0 Å². The second-order valence-corrected chi connectivity index (χ2v) is 5.93. The maximum absolute atomic E-state index is 12.8. The predicted molar refractivity (Wildman–Crippen MR) is 79.4 cm³/mol. The summed E-state index contributed by atoms with van der Waals surface area (Å²) in [5.74, 6) is -0.348. The quantitative estimate of drug-likeness (QED) is 0.861. The van der Waals surface area contributed by atoms with Crippen molar-refractivity contribution in [3.63, 3.8) is 0 Å². The van der Waals surface area contributed by atoms with Gasteiger partial charge in [-0.1, -0.05) is 12.1 Å². The lowest BCUT2D eigenvalue weighted by Gasteiger charge is -2.36. The summed E-state index contributed by atoms with van der Waals surface area (Å²) >= 11 is 0. The maximum Gasteiger partial charge on any atom is 0.220 e. The predicted octanol–water partition coefficient (Wildman–Crippen LogP) is 1.33. The highest BCUT2D eigenvalue weighted by atomic mass is 19.1. The van der Waals surface area contributed by atoms with Gasteiger partial charge in [0.15, 0.2) is 0 Å². The largest absolute Gasteiger partial charge is 0.388 e. The smallest absolute Gasteiger partial charge is 0.220 e. The number of piperidine rings is 1. The van der Waals surface area contributed by atoms with Crippen LogP contribution < -0.4 is 5.32 Å². The number of amides is 1. The van der Waals surface area contributed by atoms with Crippen molar-refractivity contribution in [1.29, 1.82) is 0 Å². The minimum absolute atomic E-state index is 0.0771.